The second-order valence-electron chi connectivity index (χ2n) is 8.04. The number of aromatic nitrogens is 1. The molecule has 158 valence electrons. The first-order valence-corrected chi connectivity index (χ1v) is 10.5. The molecule has 0 aromatic carbocycles. The number of rotatable bonds is 3. The number of pyridine rings is 1. The molecular weight excluding hydrogens is 396 g/mol. The van der Waals surface area contributed by atoms with Crippen LogP contribution in [0.3, 0.4) is 0 Å². The molecule has 3 saturated heterocycles. The van der Waals surface area contributed by atoms with Gasteiger partial charge in [0.05, 0.1) is 29.4 Å². The molecule has 0 unspecified atom stereocenters. The van der Waals surface area contributed by atoms with Crippen LogP contribution in [0.4, 0.5) is 16.3 Å². The summed E-state index contributed by atoms with van der Waals surface area (Å²) in [7, 11) is 1.30. The van der Waals surface area contributed by atoms with E-state index in [0.717, 1.165) is 58.4 Å². The van der Waals surface area contributed by atoms with Crippen LogP contribution in [0, 0.1) is 5.41 Å². The smallest absolute Gasteiger partial charge is 0.411 e. The third-order valence-electron chi connectivity index (χ3n) is 6.31. The number of carbonyl (C=O) groups excluding carboxylic acids is 2. The molecule has 1 N–H and O–H groups in total. The highest BCUT2D eigenvalue weighted by Gasteiger charge is 2.50. The molecule has 3 fully saturated rings. The molecule has 0 saturated carbocycles. The fourth-order valence-electron chi connectivity index (χ4n) is 4.78. The SMILES string of the molecule is COC(=O)Nc1cnc(N2CCC[C@]3(CCN(C4CCOCC4)C3=O)C2)c(Cl)c1. The number of halogens is 1. The maximum Gasteiger partial charge on any atom is 0.411 e. The average molecular weight is 423 g/mol. The Bertz CT molecular complexity index is 786. The lowest BCUT2D eigenvalue weighted by Gasteiger charge is -2.41. The number of anilines is 2. The average Bonchev–Trinajstić information content (AvgIpc) is 3.04. The fraction of sp³-hybridized carbons (Fsp3) is 0.650. The van der Waals surface area contributed by atoms with E-state index < -0.39 is 6.09 Å². The van der Waals surface area contributed by atoms with Crippen LogP contribution in [0.15, 0.2) is 12.3 Å². The van der Waals surface area contributed by atoms with Crippen molar-refractivity contribution in [2.45, 2.75) is 38.1 Å². The molecule has 9 heteroatoms. The van der Waals surface area contributed by atoms with Gasteiger partial charge in [-0.05, 0) is 38.2 Å². The van der Waals surface area contributed by atoms with Crippen molar-refractivity contribution >= 4 is 35.1 Å². The lowest BCUT2D eigenvalue weighted by Crippen LogP contribution is -2.50. The van der Waals surface area contributed by atoms with Gasteiger partial charge in [-0.25, -0.2) is 9.78 Å². The maximum absolute atomic E-state index is 13.4. The Hall–Kier alpha value is -2.06. The summed E-state index contributed by atoms with van der Waals surface area (Å²) < 4.78 is 10.1. The van der Waals surface area contributed by atoms with Crippen LogP contribution in [0.25, 0.3) is 0 Å². The molecule has 3 aliphatic rings. The Morgan fingerprint density at radius 1 is 1.34 bits per heavy atom. The van der Waals surface area contributed by atoms with E-state index in [1.807, 2.05) is 0 Å². The van der Waals surface area contributed by atoms with E-state index in [2.05, 4.69) is 24.8 Å². The van der Waals surface area contributed by atoms with Gasteiger partial charge < -0.3 is 19.3 Å². The lowest BCUT2D eigenvalue weighted by molar-refractivity contribution is -0.139. The Morgan fingerprint density at radius 3 is 2.86 bits per heavy atom. The summed E-state index contributed by atoms with van der Waals surface area (Å²) in [5, 5.41) is 3.01. The summed E-state index contributed by atoms with van der Waals surface area (Å²) in [6.07, 6.45) is 5.54. The van der Waals surface area contributed by atoms with Crippen molar-refractivity contribution in [3.63, 3.8) is 0 Å². The highest BCUT2D eigenvalue weighted by molar-refractivity contribution is 6.33. The van der Waals surface area contributed by atoms with Crippen LogP contribution in [0.2, 0.25) is 5.02 Å². The quantitative estimate of drug-likeness (QED) is 0.806. The Morgan fingerprint density at radius 2 is 2.14 bits per heavy atom. The molecule has 1 aromatic heterocycles. The molecule has 1 atom stereocenters. The van der Waals surface area contributed by atoms with Crippen LogP contribution in [0.5, 0.6) is 0 Å². The number of amides is 2. The van der Waals surface area contributed by atoms with E-state index >= 15 is 0 Å². The number of ether oxygens (including phenoxy) is 2. The molecule has 0 aliphatic carbocycles. The number of carbonyl (C=O) groups is 2. The van der Waals surface area contributed by atoms with Gasteiger partial charge in [-0.3, -0.25) is 10.1 Å². The first kappa shape index (κ1) is 20.2. The number of nitrogens with zero attached hydrogens (tertiary/aromatic N) is 3. The fourth-order valence-corrected chi connectivity index (χ4v) is 5.07. The van der Waals surface area contributed by atoms with E-state index in [0.29, 0.717) is 29.1 Å². The highest BCUT2D eigenvalue weighted by Crippen LogP contribution is 2.43. The van der Waals surface area contributed by atoms with Gasteiger partial charge in [0.2, 0.25) is 5.91 Å². The van der Waals surface area contributed by atoms with Gasteiger partial charge in [0.1, 0.15) is 5.82 Å². The predicted octanol–water partition coefficient (Wildman–Crippen LogP) is 2.91. The summed E-state index contributed by atoms with van der Waals surface area (Å²) in [5.41, 5.74) is 0.116. The van der Waals surface area contributed by atoms with Crippen molar-refractivity contribution in [1.29, 1.82) is 0 Å². The van der Waals surface area contributed by atoms with Gasteiger partial charge in [0, 0.05) is 38.9 Å². The Labute approximate surface area is 175 Å². The summed E-state index contributed by atoms with van der Waals surface area (Å²) in [6.45, 7) is 3.73. The Kier molecular flexibility index (Phi) is 5.83. The van der Waals surface area contributed by atoms with E-state index in [9.17, 15) is 9.59 Å². The summed E-state index contributed by atoms with van der Waals surface area (Å²) in [6, 6.07) is 1.96. The number of nitrogens with one attached hydrogen (secondary N) is 1. The van der Waals surface area contributed by atoms with E-state index in [1.54, 1.807) is 12.3 Å². The summed E-state index contributed by atoms with van der Waals surface area (Å²) in [4.78, 5) is 33.4. The van der Waals surface area contributed by atoms with Crippen molar-refractivity contribution < 1.29 is 19.1 Å². The second-order valence-corrected chi connectivity index (χ2v) is 8.45. The van der Waals surface area contributed by atoms with E-state index in [4.69, 9.17) is 16.3 Å². The highest BCUT2D eigenvalue weighted by atomic mass is 35.5. The van der Waals surface area contributed by atoms with Crippen molar-refractivity contribution in [2.24, 2.45) is 5.41 Å². The largest absolute Gasteiger partial charge is 0.453 e. The standard InChI is InChI=1S/C20H27ClN4O4/c1-28-19(27)23-14-11-16(21)17(22-12-14)24-7-2-5-20(13-24)6-8-25(18(20)26)15-3-9-29-10-4-15/h11-12,15H,2-10,13H2,1H3,(H,23,27)/t20-/m0/s1. The van der Waals surface area contributed by atoms with Crippen LogP contribution in [-0.4, -0.2) is 67.9 Å². The van der Waals surface area contributed by atoms with Gasteiger partial charge >= 0.3 is 6.09 Å². The zero-order valence-corrected chi connectivity index (χ0v) is 17.4. The van der Waals surface area contributed by atoms with Crippen molar-refractivity contribution in [3.05, 3.63) is 17.3 Å². The number of hydrogen-bond donors (Lipinski definition) is 1. The van der Waals surface area contributed by atoms with E-state index in [1.165, 1.54) is 7.11 Å². The van der Waals surface area contributed by atoms with E-state index in [-0.39, 0.29) is 11.3 Å². The van der Waals surface area contributed by atoms with Gasteiger partial charge in [-0.2, -0.15) is 0 Å². The normalized spacial score (nSPS) is 25.5. The molecule has 8 nitrogen and oxygen atoms in total. The molecule has 1 spiro atoms. The number of piperidine rings is 1. The first-order chi connectivity index (χ1) is 14.0. The maximum atomic E-state index is 13.4. The lowest BCUT2D eigenvalue weighted by atomic mass is 9.78. The molecule has 0 radical (unpaired) electrons. The summed E-state index contributed by atoms with van der Waals surface area (Å²) >= 11 is 6.47. The second kappa shape index (κ2) is 8.36. The van der Waals surface area contributed by atoms with Gasteiger partial charge in [0.15, 0.2) is 0 Å². The molecule has 1 aromatic rings. The molecule has 4 heterocycles. The number of hydrogen-bond acceptors (Lipinski definition) is 6. The molecule has 2 amide bonds. The minimum atomic E-state index is -0.572. The topological polar surface area (TPSA) is 84.0 Å². The van der Waals surface area contributed by atoms with Crippen molar-refractivity contribution in [2.75, 3.05) is 50.2 Å². The van der Waals surface area contributed by atoms with Crippen LogP contribution in [-0.2, 0) is 14.3 Å². The van der Waals surface area contributed by atoms with Crippen molar-refractivity contribution in [3.8, 4) is 0 Å². The van der Waals surface area contributed by atoms with Crippen molar-refractivity contribution in [1.82, 2.24) is 9.88 Å². The first-order valence-electron chi connectivity index (χ1n) is 10.2. The number of likely N-dealkylation sites (tertiary alicyclic amines) is 1. The van der Waals surface area contributed by atoms with Crippen LogP contribution >= 0.6 is 11.6 Å². The third kappa shape index (κ3) is 4.00. The van der Waals surface area contributed by atoms with Crippen LogP contribution < -0.4 is 10.2 Å². The Balaban J connectivity index is 1.48. The van der Waals surface area contributed by atoms with Gasteiger partial charge in [0.25, 0.3) is 0 Å². The molecule has 4 rings (SSSR count). The van der Waals surface area contributed by atoms with Crippen LogP contribution in [0.1, 0.15) is 32.1 Å². The molecule has 29 heavy (non-hydrogen) atoms. The monoisotopic (exact) mass is 422 g/mol. The molecular formula is C20H27ClN4O4. The number of methoxy groups -OCH3 is 1. The predicted molar refractivity (Wildman–Crippen MR) is 109 cm³/mol. The zero-order valence-electron chi connectivity index (χ0n) is 16.7. The summed E-state index contributed by atoms with van der Waals surface area (Å²) in [5.74, 6) is 0.924. The minimum Gasteiger partial charge on any atom is -0.453 e. The third-order valence-corrected chi connectivity index (χ3v) is 6.59. The zero-order chi connectivity index (χ0) is 20.4. The minimum absolute atomic E-state index is 0.272. The molecule has 0 bridgehead atoms. The van der Waals surface area contributed by atoms with Gasteiger partial charge in [-0.1, -0.05) is 11.6 Å². The van der Waals surface area contributed by atoms with Gasteiger partial charge in [-0.15, -0.1) is 0 Å². The molecule has 3 aliphatic heterocycles.